The van der Waals surface area contributed by atoms with Crippen LogP contribution in [0, 0.1) is 0 Å². The average Bonchev–Trinajstić information content (AvgIpc) is 3.09. The number of nitrogens with zero attached hydrogens (tertiary/aromatic N) is 2. The van der Waals surface area contributed by atoms with Gasteiger partial charge >= 0.3 is 0 Å². The maximum atomic E-state index is 13.6. The largest absolute Gasteiger partial charge is 0.497 e. The van der Waals surface area contributed by atoms with Crippen molar-refractivity contribution in [2.45, 2.75) is 26.3 Å². The van der Waals surface area contributed by atoms with Crippen molar-refractivity contribution in [3.63, 3.8) is 0 Å². The fourth-order valence-corrected chi connectivity index (χ4v) is 4.75. The van der Waals surface area contributed by atoms with Crippen molar-refractivity contribution in [2.75, 3.05) is 33.3 Å². The minimum atomic E-state index is -0.510. The Hall–Kier alpha value is -2.64. The van der Waals surface area contributed by atoms with Gasteiger partial charge in [0, 0.05) is 11.0 Å². The van der Waals surface area contributed by atoms with Crippen LogP contribution in [0.3, 0.4) is 0 Å². The zero-order valence-electron chi connectivity index (χ0n) is 18.6. The molecular formula is C25H27BrN2O4. The molecule has 168 valence electrons. The molecule has 1 amide bonds. The smallest absolute Gasteiger partial charge is 0.290 e. The van der Waals surface area contributed by atoms with E-state index in [1.165, 1.54) is 0 Å². The first kappa shape index (κ1) is 22.6. The van der Waals surface area contributed by atoms with Crippen molar-refractivity contribution in [2.24, 2.45) is 0 Å². The average molecular weight is 499 g/mol. The molecule has 0 radical (unpaired) electrons. The summed E-state index contributed by atoms with van der Waals surface area (Å²) < 4.78 is 12.2. The molecule has 1 aromatic heterocycles. The van der Waals surface area contributed by atoms with Crippen LogP contribution in [0.1, 0.15) is 48.0 Å². The number of fused-ring (bicyclic) bond motifs is 2. The molecule has 2 heterocycles. The predicted octanol–water partition coefficient (Wildman–Crippen LogP) is 4.84. The van der Waals surface area contributed by atoms with Crippen LogP contribution in [-0.2, 0) is 0 Å². The van der Waals surface area contributed by atoms with Crippen LogP contribution < -0.4 is 10.2 Å². The molecule has 0 fully saturated rings. The monoisotopic (exact) mass is 498 g/mol. The fraction of sp³-hybridized carbons (Fsp3) is 0.360. The van der Waals surface area contributed by atoms with Crippen molar-refractivity contribution in [1.29, 1.82) is 0 Å². The van der Waals surface area contributed by atoms with Gasteiger partial charge in [0.15, 0.2) is 5.43 Å². The molecule has 0 bridgehead atoms. The van der Waals surface area contributed by atoms with Gasteiger partial charge in [-0.15, -0.1) is 0 Å². The standard InChI is InChI=1S/C25H27BrN2O4/c1-4-27(5-2)12-7-13-28-22(16-8-6-9-18(14-16)31-3)21-23(29)19-15-17(26)10-11-20(19)32-24(21)25(28)30/h6,8-11,14-15,22H,4-5,7,12-13H2,1-3H3/t22-/m1/s1. The minimum Gasteiger partial charge on any atom is -0.497 e. The maximum Gasteiger partial charge on any atom is 0.290 e. The molecule has 32 heavy (non-hydrogen) atoms. The van der Waals surface area contributed by atoms with Crippen LogP contribution in [0.15, 0.2) is 56.1 Å². The quantitative estimate of drug-likeness (QED) is 0.444. The first-order chi connectivity index (χ1) is 15.5. The predicted molar refractivity (Wildman–Crippen MR) is 128 cm³/mol. The number of rotatable bonds is 8. The Kier molecular flexibility index (Phi) is 6.67. The highest BCUT2D eigenvalue weighted by molar-refractivity contribution is 9.10. The number of amides is 1. The van der Waals surface area contributed by atoms with E-state index in [4.69, 9.17) is 9.15 Å². The van der Waals surface area contributed by atoms with Crippen LogP contribution in [0.5, 0.6) is 5.75 Å². The highest BCUT2D eigenvalue weighted by Crippen LogP contribution is 2.39. The lowest BCUT2D eigenvalue weighted by atomic mass is 9.98. The van der Waals surface area contributed by atoms with Gasteiger partial charge in [-0.3, -0.25) is 9.59 Å². The Labute approximate surface area is 195 Å². The zero-order chi connectivity index (χ0) is 22.8. The first-order valence-corrected chi connectivity index (χ1v) is 11.7. The van der Waals surface area contributed by atoms with E-state index in [-0.39, 0.29) is 17.1 Å². The van der Waals surface area contributed by atoms with Gasteiger partial charge in [0.1, 0.15) is 11.3 Å². The van der Waals surface area contributed by atoms with Crippen molar-refractivity contribution in [3.8, 4) is 5.75 Å². The first-order valence-electron chi connectivity index (χ1n) is 10.9. The molecule has 0 N–H and O–H groups in total. The Morgan fingerprint density at radius 3 is 2.62 bits per heavy atom. The number of hydrogen-bond acceptors (Lipinski definition) is 5. The fourth-order valence-electron chi connectivity index (χ4n) is 4.39. The van der Waals surface area contributed by atoms with E-state index in [9.17, 15) is 9.59 Å². The number of methoxy groups -OCH3 is 1. The molecule has 2 aromatic carbocycles. The van der Waals surface area contributed by atoms with E-state index in [1.54, 1.807) is 30.2 Å². The van der Waals surface area contributed by atoms with E-state index in [1.807, 2.05) is 24.3 Å². The van der Waals surface area contributed by atoms with Gasteiger partial charge in [-0.2, -0.15) is 0 Å². The molecule has 1 aliphatic rings. The summed E-state index contributed by atoms with van der Waals surface area (Å²) in [6, 6.07) is 12.3. The summed E-state index contributed by atoms with van der Waals surface area (Å²) in [7, 11) is 1.61. The number of benzene rings is 2. The summed E-state index contributed by atoms with van der Waals surface area (Å²) in [6.07, 6.45) is 0.807. The van der Waals surface area contributed by atoms with E-state index >= 15 is 0 Å². The van der Waals surface area contributed by atoms with Crippen LogP contribution in [-0.4, -0.2) is 49.0 Å². The van der Waals surface area contributed by atoms with Crippen LogP contribution >= 0.6 is 15.9 Å². The van der Waals surface area contributed by atoms with E-state index in [0.717, 1.165) is 36.1 Å². The highest BCUT2D eigenvalue weighted by atomic mass is 79.9. The lowest BCUT2D eigenvalue weighted by Crippen LogP contribution is -2.33. The second-order valence-corrected chi connectivity index (χ2v) is 8.79. The Bertz CT molecular complexity index is 1200. The molecule has 0 spiro atoms. The van der Waals surface area contributed by atoms with Gasteiger partial charge in [0.25, 0.3) is 5.91 Å². The maximum absolute atomic E-state index is 13.6. The number of hydrogen-bond donors (Lipinski definition) is 0. The molecule has 1 atom stereocenters. The summed E-state index contributed by atoms with van der Waals surface area (Å²) in [5, 5.41) is 0.462. The number of carbonyl (C=O) groups excluding carboxylic acids is 1. The number of halogens is 1. The number of carbonyl (C=O) groups is 1. The Morgan fingerprint density at radius 2 is 1.91 bits per heavy atom. The number of ether oxygens (including phenoxy) is 1. The molecule has 0 aliphatic carbocycles. The Morgan fingerprint density at radius 1 is 1.12 bits per heavy atom. The molecule has 0 saturated heterocycles. The molecule has 0 unspecified atom stereocenters. The zero-order valence-corrected chi connectivity index (χ0v) is 20.1. The van der Waals surface area contributed by atoms with Crippen molar-refractivity contribution in [1.82, 2.24) is 9.80 Å². The Balaban J connectivity index is 1.82. The van der Waals surface area contributed by atoms with Gasteiger partial charge in [-0.1, -0.05) is 41.9 Å². The third kappa shape index (κ3) is 4.07. The van der Waals surface area contributed by atoms with Gasteiger partial charge in [0.2, 0.25) is 5.76 Å². The highest BCUT2D eigenvalue weighted by Gasteiger charge is 2.42. The third-order valence-electron chi connectivity index (χ3n) is 6.11. The van der Waals surface area contributed by atoms with Crippen molar-refractivity contribution in [3.05, 3.63) is 74.0 Å². The van der Waals surface area contributed by atoms with E-state index < -0.39 is 6.04 Å². The molecule has 6 nitrogen and oxygen atoms in total. The normalized spacial score (nSPS) is 15.6. The lowest BCUT2D eigenvalue weighted by Gasteiger charge is -2.27. The molecule has 4 rings (SSSR count). The third-order valence-corrected chi connectivity index (χ3v) is 6.60. The van der Waals surface area contributed by atoms with E-state index in [0.29, 0.717) is 28.8 Å². The molecule has 1 aliphatic heterocycles. The van der Waals surface area contributed by atoms with Gasteiger partial charge in [-0.05, 0) is 62.0 Å². The second kappa shape index (κ2) is 9.46. The summed E-state index contributed by atoms with van der Waals surface area (Å²) >= 11 is 3.43. The van der Waals surface area contributed by atoms with Crippen molar-refractivity contribution < 1.29 is 13.9 Å². The van der Waals surface area contributed by atoms with Crippen LogP contribution in [0.4, 0.5) is 0 Å². The van der Waals surface area contributed by atoms with E-state index in [2.05, 4.69) is 34.7 Å². The summed E-state index contributed by atoms with van der Waals surface area (Å²) in [5.41, 5.74) is 1.48. The molecule has 7 heteroatoms. The molecule has 3 aromatic rings. The van der Waals surface area contributed by atoms with Crippen LogP contribution in [0.2, 0.25) is 0 Å². The molecular weight excluding hydrogens is 472 g/mol. The van der Waals surface area contributed by atoms with Crippen molar-refractivity contribution >= 4 is 32.8 Å². The van der Waals surface area contributed by atoms with Gasteiger partial charge in [0.05, 0.1) is 24.1 Å². The topological polar surface area (TPSA) is 63.0 Å². The summed E-state index contributed by atoms with van der Waals surface area (Å²) in [5.74, 6) is 0.578. The lowest BCUT2D eigenvalue weighted by molar-refractivity contribution is 0.0720. The molecule has 0 saturated carbocycles. The SMILES string of the molecule is CCN(CC)CCCN1C(=O)c2oc3ccc(Br)cc3c(=O)c2[C@H]1c1cccc(OC)c1. The summed E-state index contributed by atoms with van der Waals surface area (Å²) in [4.78, 5) is 31.1. The van der Waals surface area contributed by atoms with Crippen LogP contribution in [0.25, 0.3) is 11.0 Å². The second-order valence-electron chi connectivity index (χ2n) is 7.87. The van der Waals surface area contributed by atoms with Gasteiger partial charge in [-0.25, -0.2) is 0 Å². The minimum absolute atomic E-state index is 0.139. The van der Waals surface area contributed by atoms with Gasteiger partial charge < -0.3 is 19.0 Å². The summed E-state index contributed by atoms with van der Waals surface area (Å²) in [6.45, 7) is 7.60.